The van der Waals surface area contributed by atoms with Crippen molar-refractivity contribution in [3.63, 3.8) is 0 Å². The van der Waals surface area contributed by atoms with Crippen LogP contribution in [0.5, 0.6) is 0 Å². The number of rotatable bonds is 12. The number of esters is 1. The number of hydrogen-bond acceptors (Lipinski definition) is 6. The van der Waals surface area contributed by atoms with Crippen LogP contribution in [0.25, 0.3) is 0 Å². The lowest BCUT2D eigenvalue weighted by Crippen LogP contribution is -2.46. The molecule has 0 aliphatic rings. The Balaban J connectivity index is 2.26. The third-order valence-electron chi connectivity index (χ3n) is 3.79. The number of benzene rings is 1. The Morgan fingerprint density at radius 1 is 1.11 bits per heavy atom. The number of carbonyl (C=O) groups excluding carboxylic acids is 2. The van der Waals surface area contributed by atoms with Crippen LogP contribution >= 0.6 is 0 Å². The van der Waals surface area contributed by atoms with Gasteiger partial charge in [0.1, 0.15) is 18.7 Å². The van der Waals surface area contributed by atoms with Gasteiger partial charge >= 0.3 is 18.0 Å². The number of unbranched alkanes of at least 4 members (excludes halogenated alkanes) is 1. The number of alkyl carbamates (subject to hydrolysis) is 1. The lowest BCUT2D eigenvalue weighted by molar-refractivity contribution is -0.147. The van der Waals surface area contributed by atoms with Gasteiger partial charge in [-0.2, -0.15) is 0 Å². The number of amides is 1. The Kier molecular flexibility index (Phi) is 10.5. The van der Waals surface area contributed by atoms with Crippen LogP contribution in [0.2, 0.25) is 0 Å². The quantitative estimate of drug-likeness (QED) is 0.376. The van der Waals surface area contributed by atoms with Crippen molar-refractivity contribution in [2.24, 2.45) is 0 Å². The zero-order valence-corrected chi connectivity index (χ0v) is 15.8. The molecule has 0 spiro atoms. The number of ether oxygens (including phenoxy) is 2. The largest absolute Gasteiger partial charge is 0.480 e. The normalized spacial score (nSPS) is 12.7. The van der Waals surface area contributed by atoms with Crippen LogP contribution in [0, 0.1) is 0 Å². The van der Waals surface area contributed by atoms with Gasteiger partial charge in [0.15, 0.2) is 0 Å². The van der Waals surface area contributed by atoms with Crippen molar-refractivity contribution in [3.8, 4) is 0 Å². The topological polar surface area (TPSA) is 114 Å². The maximum absolute atomic E-state index is 11.9. The highest BCUT2D eigenvalue weighted by Crippen LogP contribution is 2.05. The molecule has 1 amide bonds. The number of carboxylic acids is 1. The van der Waals surface area contributed by atoms with Crippen molar-refractivity contribution in [2.75, 3.05) is 13.2 Å². The van der Waals surface area contributed by atoms with Crippen LogP contribution in [0.3, 0.4) is 0 Å². The van der Waals surface area contributed by atoms with Crippen LogP contribution in [-0.2, 0) is 25.7 Å². The van der Waals surface area contributed by atoms with Gasteiger partial charge in [-0.25, -0.2) is 4.79 Å². The van der Waals surface area contributed by atoms with E-state index in [9.17, 15) is 14.4 Å². The second-order valence-corrected chi connectivity index (χ2v) is 6.02. The van der Waals surface area contributed by atoms with E-state index in [1.807, 2.05) is 30.3 Å². The number of carbonyl (C=O) groups is 3. The molecule has 27 heavy (non-hydrogen) atoms. The first-order chi connectivity index (χ1) is 12.9. The third-order valence-corrected chi connectivity index (χ3v) is 3.79. The summed E-state index contributed by atoms with van der Waals surface area (Å²) in [5.74, 6) is -1.51. The van der Waals surface area contributed by atoms with Crippen LogP contribution in [0.15, 0.2) is 30.3 Å². The Morgan fingerprint density at radius 2 is 1.81 bits per heavy atom. The average molecular weight is 380 g/mol. The van der Waals surface area contributed by atoms with Gasteiger partial charge < -0.3 is 19.9 Å². The maximum atomic E-state index is 11.9. The molecule has 150 valence electrons. The molecule has 0 aliphatic heterocycles. The minimum Gasteiger partial charge on any atom is -0.480 e. The lowest BCUT2D eigenvalue weighted by atomic mass is 10.1. The highest BCUT2D eigenvalue weighted by atomic mass is 16.5. The van der Waals surface area contributed by atoms with Crippen molar-refractivity contribution < 1.29 is 29.0 Å². The fraction of sp³-hybridized carbons (Fsp3) is 0.526. The molecule has 8 heteroatoms. The molecule has 1 rings (SSSR count). The van der Waals surface area contributed by atoms with Crippen molar-refractivity contribution in [1.29, 1.82) is 0 Å². The number of aliphatic carboxylic acids is 1. The zero-order valence-electron chi connectivity index (χ0n) is 15.8. The molecule has 1 unspecified atom stereocenters. The number of carboxylic acid groups (broad SMARTS) is 1. The van der Waals surface area contributed by atoms with E-state index in [4.69, 9.17) is 14.6 Å². The summed E-state index contributed by atoms with van der Waals surface area (Å²) in [4.78, 5) is 34.5. The minimum absolute atomic E-state index is 0.203. The van der Waals surface area contributed by atoms with Gasteiger partial charge in [0.2, 0.25) is 0 Å². The molecule has 1 aromatic carbocycles. The second-order valence-electron chi connectivity index (χ2n) is 6.02. The Labute approximate surface area is 159 Å². The van der Waals surface area contributed by atoms with Crippen molar-refractivity contribution in [2.45, 2.75) is 51.8 Å². The summed E-state index contributed by atoms with van der Waals surface area (Å²) >= 11 is 0. The molecular weight excluding hydrogens is 352 g/mol. The first-order valence-corrected chi connectivity index (χ1v) is 9.04. The number of nitrogens with one attached hydrogen (secondary N) is 2. The van der Waals surface area contributed by atoms with Gasteiger partial charge in [0.25, 0.3) is 0 Å². The summed E-state index contributed by atoms with van der Waals surface area (Å²) in [5.41, 5.74) is 0.906. The summed E-state index contributed by atoms with van der Waals surface area (Å²) in [7, 11) is 0. The first-order valence-electron chi connectivity index (χ1n) is 9.04. The van der Waals surface area contributed by atoms with Crippen LogP contribution < -0.4 is 10.6 Å². The molecule has 8 nitrogen and oxygen atoms in total. The van der Waals surface area contributed by atoms with Gasteiger partial charge in [-0.15, -0.1) is 0 Å². The van der Waals surface area contributed by atoms with E-state index in [0.29, 0.717) is 25.8 Å². The molecule has 0 aliphatic carbocycles. The zero-order chi connectivity index (χ0) is 20.1. The number of hydrogen-bond donors (Lipinski definition) is 3. The van der Waals surface area contributed by atoms with Gasteiger partial charge in [0, 0.05) is 6.54 Å². The van der Waals surface area contributed by atoms with Gasteiger partial charge in [0.05, 0.1) is 6.61 Å². The van der Waals surface area contributed by atoms with Crippen LogP contribution in [0.4, 0.5) is 4.79 Å². The standard InChI is InChI=1S/C19H28N2O6/c1-3-26-18(24)16(21-14(2)17(22)23)11-7-8-12-20-19(25)27-13-15-9-5-4-6-10-15/h4-6,9-10,14,16,21H,3,7-8,11-13H2,1-2H3,(H,20,25)(H,22,23)/t14-,16?/m0/s1. The van der Waals surface area contributed by atoms with E-state index in [-0.39, 0.29) is 13.2 Å². The molecule has 3 N–H and O–H groups in total. The van der Waals surface area contributed by atoms with Crippen LogP contribution in [0.1, 0.15) is 38.7 Å². The molecule has 0 aromatic heterocycles. The Hall–Kier alpha value is -2.61. The summed E-state index contributed by atoms with van der Waals surface area (Å²) in [5, 5.41) is 14.4. The Bertz CT molecular complexity index is 593. The van der Waals surface area contributed by atoms with Gasteiger partial charge in [-0.1, -0.05) is 30.3 Å². The van der Waals surface area contributed by atoms with Crippen molar-refractivity contribution in [1.82, 2.24) is 10.6 Å². The lowest BCUT2D eigenvalue weighted by Gasteiger charge is -2.19. The molecule has 0 heterocycles. The minimum atomic E-state index is -1.04. The molecule has 0 bridgehead atoms. The average Bonchev–Trinajstić information content (AvgIpc) is 2.65. The molecule has 2 atom stereocenters. The summed E-state index contributed by atoms with van der Waals surface area (Å²) < 4.78 is 10.1. The fourth-order valence-electron chi connectivity index (χ4n) is 2.32. The van der Waals surface area contributed by atoms with Crippen molar-refractivity contribution >= 4 is 18.0 Å². The van der Waals surface area contributed by atoms with Crippen LogP contribution in [-0.4, -0.2) is 48.4 Å². The first kappa shape index (κ1) is 22.4. The Morgan fingerprint density at radius 3 is 2.44 bits per heavy atom. The highest BCUT2D eigenvalue weighted by molar-refractivity contribution is 5.78. The predicted molar refractivity (Wildman–Crippen MR) is 99.1 cm³/mol. The maximum Gasteiger partial charge on any atom is 0.407 e. The molecular formula is C19H28N2O6. The fourth-order valence-corrected chi connectivity index (χ4v) is 2.32. The second kappa shape index (κ2) is 12.7. The molecule has 0 saturated heterocycles. The summed E-state index contributed by atoms with van der Waals surface area (Å²) in [6.45, 7) is 4.00. The van der Waals surface area contributed by atoms with E-state index in [2.05, 4.69) is 10.6 Å². The van der Waals surface area contributed by atoms with Crippen molar-refractivity contribution in [3.05, 3.63) is 35.9 Å². The van der Waals surface area contributed by atoms with Gasteiger partial charge in [-0.05, 0) is 38.7 Å². The van der Waals surface area contributed by atoms with Gasteiger partial charge in [-0.3, -0.25) is 14.9 Å². The third kappa shape index (κ3) is 9.60. The van der Waals surface area contributed by atoms with E-state index in [1.165, 1.54) is 6.92 Å². The van der Waals surface area contributed by atoms with E-state index in [0.717, 1.165) is 5.56 Å². The van der Waals surface area contributed by atoms with E-state index in [1.54, 1.807) is 6.92 Å². The highest BCUT2D eigenvalue weighted by Gasteiger charge is 2.23. The molecule has 0 radical (unpaired) electrons. The molecule has 0 fully saturated rings. The summed E-state index contributed by atoms with van der Waals surface area (Å²) in [6.07, 6.45) is 1.15. The van der Waals surface area contributed by atoms with E-state index >= 15 is 0 Å². The molecule has 1 aromatic rings. The smallest absolute Gasteiger partial charge is 0.407 e. The predicted octanol–water partition coefficient (Wildman–Crippen LogP) is 2.08. The SMILES string of the molecule is CCOC(=O)C(CCCCNC(=O)OCc1ccccc1)N[C@@H](C)C(=O)O. The monoisotopic (exact) mass is 380 g/mol. The summed E-state index contributed by atoms with van der Waals surface area (Å²) in [6, 6.07) is 7.82. The molecule has 0 saturated carbocycles. The van der Waals surface area contributed by atoms with E-state index < -0.39 is 30.1 Å².